The molecule has 0 atom stereocenters. The number of carbonyl (C=O) groups is 1. The van der Waals surface area contributed by atoms with Gasteiger partial charge in [-0.2, -0.15) is 0 Å². The summed E-state index contributed by atoms with van der Waals surface area (Å²) < 4.78 is 6.85. The number of benzene rings is 1. The van der Waals surface area contributed by atoms with Gasteiger partial charge in [-0.1, -0.05) is 12.1 Å². The molecule has 6 heteroatoms. The number of carbonyl (C=O) groups excluding carboxylic acids is 1. The Morgan fingerprint density at radius 1 is 1.50 bits per heavy atom. The maximum absolute atomic E-state index is 11.3. The van der Waals surface area contributed by atoms with Crippen LogP contribution in [0.1, 0.15) is 21.5 Å². The molecule has 2 rings (SSSR count). The molecule has 1 heterocycles. The van der Waals surface area contributed by atoms with Crippen LogP contribution in [0.2, 0.25) is 0 Å². The van der Waals surface area contributed by atoms with Gasteiger partial charge in [0.05, 0.1) is 0 Å². The van der Waals surface area contributed by atoms with Gasteiger partial charge in [-0.25, -0.2) is 4.09 Å². The Balaban J connectivity index is 2.20. The van der Waals surface area contributed by atoms with Crippen molar-refractivity contribution in [2.75, 3.05) is 0 Å². The van der Waals surface area contributed by atoms with Crippen LogP contribution in [0.3, 0.4) is 0 Å². The zero-order chi connectivity index (χ0) is 13.1. The number of nitrogens with zero attached hydrogens (tertiary/aromatic N) is 2. The van der Waals surface area contributed by atoms with Crippen LogP contribution >= 0.6 is 12.8 Å². The van der Waals surface area contributed by atoms with E-state index in [1.807, 2.05) is 13.0 Å². The summed E-state index contributed by atoms with van der Waals surface area (Å²) in [7, 11) is 0. The van der Waals surface area contributed by atoms with Crippen molar-refractivity contribution in [2.45, 2.75) is 13.5 Å². The predicted molar refractivity (Wildman–Crippen MR) is 70.6 cm³/mol. The Hall–Kier alpha value is -1.95. The van der Waals surface area contributed by atoms with E-state index in [4.69, 9.17) is 10.5 Å². The fourth-order valence-electron chi connectivity index (χ4n) is 1.65. The molecule has 1 aromatic heterocycles. The summed E-state index contributed by atoms with van der Waals surface area (Å²) >= 11 is 4.01. The van der Waals surface area contributed by atoms with E-state index < -0.39 is 5.91 Å². The Kier molecular flexibility index (Phi) is 3.57. The first-order chi connectivity index (χ1) is 8.58. The molecule has 0 saturated heterocycles. The summed E-state index contributed by atoms with van der Waals surface area (Å²) in [5.41, 5.74) is 7.53. The number of thiol groups is 1. The highest BCUT2D eigenvalue weighted by atomic mass is 32.1. The lowest BCUT2D eigenvalue weighted by Gasteiger charge is -2.10. The summed E-state index contributed by atoms with van der Waals surface area (Å²) in [5, 5.41) is 3.97. The quantitative estimate of drug-likeness (QED) is 0.822. The maximum atomic E-state index is 11.3. The molecule has 0 radical (unpaired) electrons. The number of aromatic nitrogens is 2. The van der Waals surface area contributed by atoms with Gasteiger partial charge in [-0.15, -0.1) is 5.10 Å². The Bertz CT molecular complexity index is 580. The van der Waals surface area contributed by atoms with Crippen LogP contribution in [0.4, 0.5) is 0 Å². The largest absolute Gasteiger partial charge is 0.472 e. The summed E-state index contributed by atoms with van der Waals surface area (Å²) in [6, 6.07) is 7.07. The number of nitrogens with two attached hydrogens (primary N) is 1. The molecule has 0 aliphatic heterocycles. The summed E-state index contributed by atoms with van der Waals surface area (Å²) in [5.74, 6) is -0.0132. The highest BCUT2D eigenvalue weighted by molar-refractivity contribution is 7.78. The zero-order valence-electron chi connectivity index (χ0n) is 9.83. The van der Waals surface area contributed by atoms with E-state index in [1.54, 1.807) is 24.4 Å². The van der Waals surface area contributed by atoms with Crippen molar-refractivity contribution in [3.05, 3.63) is 47.2 Å². The van der Waals surface area contributed by atoms with E-state index in [1.165, 1.54) is 4.09 Å². The van der Waals surface area contributed by atoms with Gasteiger partial charge < -0.3 is 10.5 Å². The lowest BCUT2D eigenvalue weighted by Crippen LogP contribution is -2.15. The van der Waals surface area contributed by atoms with Gasteiger partial charge in [0, 0.05) is 23.4 Å². The van der Waals surface area contributed by atoms with Gasteiger partial charge in [-0.05, 0) is 31.4 Å². The van der Waals surface area contributed by atoms with Crippen LogP contribution < -0.4 is 10.5 Å². The Labute approximate surface area is 110 Å². The number of hydrogen-bond acceptors (Lipinski definition) is 4. The van der Waals surface area contributed by atoms with Crippen LogP contribution in [-0.2, 0) is 6.61 Å². The lowest BCUT2D eigenvalue weighted by atomic mass is 10.0. The fraction of sp³-hybridized carbons (Fsp3) is 0.167. The van der Waals surface area contributed by atoms with Crippen molar-refractivity contribution >= 4 is 18.7 Å². The van der Waals surface area contributed by atoms with Crippen LogP contribution in [-0.4, -0.2) is 15.1 Å². The number of hydrogen-bond donors (Lipinski definition) is 2. The molecule has 0 fully saturated rings. The Morgan fingerprint density at radius 2 is 2.28 bits per heavy atom. The van der Waals surface area contributed by atoms with Crippen molar-refractivity contribution in [2.24, 2.45) is 5.73 Å². The third-order valence-electron chi connectivity index (χ3n) is 2.59. The topological polar surface area (TPSA) is 70.1 Å². The van der Waals surface area contributed by atoms with Gasteiger partial charge >= 0.3 is 0 Å². The van der Waals surface area contributed by atoms with Crippen molar-refractivity contribution < 1.29 is 9.53 Å². The fourth-order valence-corrected chi connectivity index (χ4v) is 1.80. The van der Waals surface area contributed by atoms with Gasteiger partial charge in [-0.3, -0.25) is 4.79 Å². The summed E-state index contributed by atoms with van der Waals surface area (Å²) in [4.78, 5) is 11.3. The van der Waals surface area contributed by atoms with E-state index in [0.717, 1.165) is 11.1 Å². The number of rotatable bonds is 4. The van der Waals surface area contributed by atoms with Gasteiger partial charge in [0.15, 0.2) is 0 Å². The minimum absolute atomic E-state index is 0.246. The maximum Gasteiger partial charge on any atom is 0.249 e. The minimum atomic E-state index is -0.461. The van der Waals surface area contributed by atoms with Crippen molar-refractivity contribution in [1.29, 1.82) is 0 Å². The molecule has 5 nitrogen and oxygen atoms in total. The zero-order valence-corrected chi connectivity index (χ0v) is 10.7. The minimum Gasteiger partial charge on any atom is -0.472 e. The average Bonchev–Trinajstić information content (AvgIpc) is 2.73. The summed E-state index contributed by atoms with van der Waals surface area (Å²) in [6.07, 6.45) is 1.66. The molecule has 0 aliphatic carbocycles. The van der Waals surface area contributed by atoms with E-state index in [2.05, 4.69) is 17.9 Å². The molecular weight excluding hydrogens is 250 g/mol. The van der Waals surface area contributed by atoms with E-state index in [-0.39, 0.29) is 6.61 Å². The van der Waals surface area contributed by atoms with E-state index in [9.17, 15) is 4.79 Å². The molecular formula is C12H13N3O2S. The smallest absolute Gasteiger partial charge is 0.249 e. The molecule has 18 heavy (non-hydrogen) atoms. The number of ether oxygens (including phenoxy) is 1. The molecule has 0 spiro atoms. The SMILES string of the molecule is Cc1cccc(C(N)=O)c1COc1ccn(S)n1. The number of aryl methyl sites for hydroxylation is 1. The van der Waals surface area contributed by atoms with E-state index >= 15 is 0 Å². The second-order valence-electron chi connectivity index (χ2n) is 3.83. The van der Waals surface area contributed by atoms with E-state index in [0.29, 0.717) is 11.4 Å². The third-order valence-corrected chi connectivity index (χ3v) is 2.81. The molecule has 94 valence electrons. The van der Waals surface area contributed by atoms with Crippen molar-refractivity contribution in [3.8, 4) is 5.88 Å². The molecule has 1 aromatic carbocycles. The van der Waals surface area contributed by atoms with Crippen LogP contribution in [0.15, 0.2) is 30.5 Å². The molecule has 2 N–H and O–H groups in total. The van der Waals surface area contributed by atoms with Gasteiger partial charge in [0.2, 0.25) is 11.8 Å². The predicted octanol–water partition coefficient (Wildman–Crippen LogP) is 1.56. The van der Waals surface area contributed by atoms with Crippen molar-refractivity contribution in [1.82, 2.24) is 9.19 Å². The number of primary amides is 1. The highest BCUT2D eigenvalue weighted by Crippen LogP contribution is 2.17. The molecule has 0 bridgehead atoms. The third kappa shape index (κ3) is 2.65. The van der Waals surface area contributed by atoms with Gasteiger partial charge in [0.1, 0.15) is 6.61 Å². The first-order valence-corrected chi connectivity index (χ1v) is 5.74. The van der Waals surface area contributed by atoms with Crippen LogP contribution in [0, 0.1) is 6.92 Å². The number of amides is 1. The molecule has 1 amide bonds. The lowest BCUT2D eigenvalue weighted by molar-refractivity contribution is 0.0997. The highest BCUT2D eigenvalue weighted by Gasteiger charge is 2.11. The van der Waals surface area contributed by atoms with Crippen molar-refractivity contribution in [3.63, 3.8) is 0 Å². The first-order valence-electron chi connectivity index (χ1n) is 5.34. The summed E-state index contributed by atoms with van der Waals surface area (Å²) in [6.45, 7) is 2.15. The average molecular weight is 263 g/mol. The van der Waals surface area contributed by atoms with Crippen LogP contribution in [0.25, 0.3) is 0 Å². The molecule has 2 aromatic rings. The molecule has 0 unspecified atom stereocenters. The monoisotopic (exact) mass is 263 g/mol. The van der Waals surface area contributed by atoms with Crippen LogP contribution in [0.5, 0.6) is 5.88 Å². The second kappa shape index (κ2) is 5.14. The Morgan fingerprint density at radius 3 is 2.89 bits per heavy atom. The van der Waals surface area contributed by atoms with Gasteiger partial charge in [0.25, 0.3) is 0 Å². The first kappa shape index (κ1) is 12.5. The second-order valence-corrected chi connectivity index (χ2v) is 4.24. The molecule has 0 saturated carbocycles. The molecule has 0 aliphatic rings. The standard InChI is InChI=1S/C12H13N3O2S/c1-8-3-2-4-9(12(13)16)10(8)7-17-11-5-6-15(18)14-11/h2-6,18H,7H2,1H3,(H2,13,16). The normalized spacial score (nSPS) is 10.3.